The summed E-state index contributed by atoms with van der Waals surface area (Å²) in [6.07, 6.45) is 6.58. The van der Waals surface area contributed by atoms with Gasteiger partial charge in [0.05, 0.1) is 5.75 Å². The number of nitrogens with zero attached hydrogens (tertiary/aromatic N) is 2. The zero-order chi connectivity index (χ0) is 13.7. The second-order valence-corrected chi connectivity index (χ2v) is 6.65. The Labute approximate surface area is 121 Å². The molecule has 0 aliphatic heterocycles. The van der Waals surface area contributed by atoms with E-state index in [4.69, 9.17) is 0 Å². The van der Waals surface area contributed by atoms with Gasteiger partial charge in [0.2, 0.25) is 0 Å². The second-order valence-electron chi connectivity index (χ2n) is 5.36. The summed E-state index contributed by atoms with van der Waals surface area (Å²) < 4.78 is 0. The molecule has 1 aliphatic carbocycles. The van der Waals surface area contributed by atoms with Crippen molar-refractivity contribution in [3.8, 4) is 0 Å². The van der Waals surface area contributed by atoms with Crippen molar-refractivity contribution in [3.05, 3.63) is 22.8 Å². The smallest absolute Gasteiger partial charge is 0.138 e. The second kappa shape index (κ2) is 7.25. The first kappa shape index (κ1) is 14.8. The number of likely N-dealkylation sites (N-methyl/N-ethyl adjacent to an activating group) is 1. The Morgan fingerprint density at radius 2 is 1.79 bits per heavy atom. The fourth-order valence-electron chi connectivity index (χ4n) is 2.73. The van der Waals surface area contributed by atoms with Gasteiger partial charge in [0, 0.05) is 16.6 Å². The average molecular weight is 279 g/mol. The van der Waals surface area contributed by atoms with Crippen LogP contribution in [0.25, 0.3) is 0 Å². The number of aryl methyl sites for hydroxylation is 2. The highest BCUT2D eigenvalue weighted by Crippen LogP contribution is 2.31. The number of rotatable bonds is 6. The molecule has 1 aliphatic rings. The third-order valence-electron chi connectivity index (χ3n) is 3.84. The molecule has 0 radical (unpaired) electrons. The van der Waals surface area contributed by atoms with Crippen molar-refractivity contribution < 1.29 is 0 Å². The Morgan fingerprint density at radius 3 is 2.37 bits per heavy atom. The highest BCUT2D eigenvalue weighted by atomic mass is 32.2. The molecule has 106 valence electrons. The quantitative estimate of drug-likeness (QED) is 0.868. The van der Waals surface area contributed by atoms with Crippen molar-refractivity contribution in [1.29, 1.82) is 0 Å². The summed E-state index contributed by atoms with van der Waals surface area (Å²) >= 11 is 2.04. The molecule has 4 heteroatoms. The lowest BCUT2D eigenvalue weighted by atomic mass is 10.1. The summed E-state index contributed by atoms with van der Waals surface area (Å²) in [7, 11) is 1.98. The number of aromatic nitrogens is 2. The molecule has 1 heterocycles. The zero-order valence-electron chi connectivity index (χ0n) is 12.3. The predicted octanol–water partition coefficient (Wildman–Crippen LogP) is 3.03. The molecule has 1 aromatic heterocycles. The van der Waals surface area contributed by atoms with Crippen LogP contribution in [-0.4, -0.2) is 28.8 Å². The Hall–Kier alpha value is -0.610. The summed E-state index contributed by atoms with van der Waals surface area (Å²) in [5.41, 5.74) is 3.62. The van der Waals surface area contributed by atoms with E-state index in [0.717, 1.165) is 41.2 Å². The fourth-order valence-corrected chi connectivity index (χ4v) is 3.91. The number of hydrogen-bond donors (Lipinski definition) is 1. The molecule has 0 bridgehead atoms. The van der Waals surface area contributed by atoms with E-state index >= 15 is 0 Å². The minimum absolute atomic E-state index is 0.841. The Balaban J connectivity index is 1.97. The van der Waals surface area contributed by atoms with Crippen molar-refractivity contribution in [2.45, 2.75) is 57.0 Å². The third-order valence-corrected chi connectivity index (χ3v) is 5.21. The molecule has 1 saturated carbocycles. The maximum absolute atomic E-state index is 4.69. The molecule has 0 atom stereocenters. The Kier molecular flexibility index (Phi) is 5.64. The van der Waals surface area contributed by atoms with Crippen LogP contribution >= 0.6 is 11.8 Å². The Bertz CT molecular complexity index is 391. The molecule has 3 nitrogen and oxygen atoms in total. The van der Waals surface area contributed by atoms with Crippen molar-refractivity contribution >= 4 is 11.8 Å². The van der Waals surface area contributed by atoms with Crippen LogP contribution in [0.1, 0.15) is 48.5 Å². The van der Waals surface area contributed by atoms with Crippen LogP contribution in [0, 0.1) is 13.8 Å². The SMILES string of the molecule is CNCCc1c(C)nc(CSC2CCCC2)nc1C. The summed E-state index contributed by atoms with van der Waals surface area (Å²) in [4.78, 5) is 9.38. The van der Waals surface area contributed by atoms with Crippen LogP contribution in [0.4, 0.5) is 0 Å². The van der Waals surface area contributed by atoms with Gasteiger partial charge < -0.3 is 5.32 Å². The van der Waals surface area contributed by atoms with E-state index < -0.39 is 0 Å². The largest absolute Gasteiger partial charge is 0.319 e. The van der Waals surface area contributed by atoms with Crippen LogP contribution in [-0.2, 0) is 12.2 Å². The summed E-state index contributed by atoms with van der Waals surface area (Å²) in [5, 5.41) is 4.03. The van der Waals surface area contributed by atoms with Gasteiger partial charge in [-0.1, -0.05) is 12.8 Å². The lowest BCUT2D eigenvalue weighted by Gasteiger charge is -2.12. The molecule has 19 heavy (non-hydrogen) atoms. The number of thioether (sulfide) groups is 1. The third kappa shape index (κ3) is 4.18. The van der Waals surface area contributed by atoms with Crippen LogP contribution in [0.5, 0.6) is 0 Å². The van der Waals surface area contributed by atoms with Crippen LogP contribution in [0.15, 0.2) is 0 Å². The van der Waals surface area contributed by atoms with E-state index in [1.807, 2.05) is 18.8 Å². The molecule has 0 unspecified atom stereocenters. The summed E-state index contributed by atoms with van der Waals surface area (Å²) in [6, 6.07) is 0. The lowest BCUT2D eigenvalue weighted by Crippen LogP contribution is -2.14. The normalized spacial score (nSPS) is 16.2. The topological polar surface area (TPSA) is 37.8 Å². The van der Waals surface area contributed by atoms with Crippen molar-refractivity contribution in [2.75, 3.05) is 13.6 Å². The van der Waals surface area contributed by atoms with Gasteiger partial charge in [-0.15, -0.1) is 0 Å². The average Bonchev–Trinajstić information content (AvgIpc) is 2.88. The minimum Gasteiger partial charge on any atom is -0.319 e. The van der Waals surface area contributed by atoms with Gasteiger partial charge in [-0.05, 0) is 52.3 Å². The molecule has 0 spiro atoms. The first-order valence-corrected chi connectivity index (χ1v) is 8.34. The van der Waals surface area contributed by atoms with Crippen LogP contribution in [0.3, 0.4) is 0 Å². The van der Waals surface area contributed by atoms with Gasteiger partial charge >= 0.3 is 0 Å². The first-order chi connectivity index (χ1) is 9.20. The maximum Gasteiger partial charge on any atom is 0.138 e. The molecular weight excluding hydrogens is 254 g/mol. The van der Waals surface area contributed by atoms with Crippen molar-refractivity contribution in [1.82, 2.24) is 15.3 Å². The molecule has 1 aromatic rings. The van der Waals surface area contributed by atoms with Crippen LogP contribution in [0.2, 0.25) is 0 Å². The molecule has 0 amide bonds. The highest BCUT2D eigenvalue weighted by molar-refractivity contribution is 7.99. The molecule has 1 N–H and O–H groups in total. The summed E-state index contributed by atoms with van der Waals surface area (Å²) in [5.74, 6) is 1.98. The molecule has 0 aromatic carbocycles. The molecule has 0 saturated heterocycles. The van der Waals surface area contributed by atoms with Gasteiger partial charge in [0.25, 0.3) is 0 Å². The predicted molar refractivity (Wildman–Crippen MR) is 82.7 cm³/mol. The van der Waals surface area contributed by atoms with Gasteiger partial charge in [-0.25, -0.2) is 9.97 Å². The Morgan fingerprint density at radius 1 is 1.16 bits per heavy atom. The van der Waals surface area contributed by atoms with E-state index in [-0.39, 0.29) is 0 Å². The van der Waals surface area contributed by atoms with E-state index in [0.29, 0.717) is 0 Å². The molecule has 1 fully saturated rings. The van der Waals surface area contributed by atoms with Crippen molar-refractivity contribution in [2.24, 2.45) is 0 Å². The standard InChI is InChI=1S/C15H25N3S/c1-11-14(8-9-16-3)12(2)18-15(17-11)10-19-13-6-4-5-7-13/h13,16H,4-10H2,1-3H3. The van der Waals surface area contributed by atoms with E-state index in [1.165, 1.54) is 31.2 Å². The van der Waals surface area contributed by atoms with Gasteiger partial charge in [0.15, 0.2) is 0 Å². The molecule has 2 rings (SSSR count). The fraction of sp³-hybridized carbons (Fsp3) is 0.733. The first-order valence-electron chi connectivity index (χ1n) is 7.30. The maximum atomic E-state index is 4.69. The van der Waals surface area contributed by atoms with E-state index in [9.17, 15) is 0 Å². The van der Waals surface area contributed by atoms with E-state index in [1.54, 1.807) is 0 Å². The number of hydrogen-bond acceptors (Lipinski definition) is 4. The van der Waals surface area contributed by atoms with Crippen LogP contribution < -0.4 is 5.32 Å². The summed E-state index contributed by atoms with van der Waals surface area (Å²) in [6.45, 7) is 5.22. The minimum atomic E-state index is 0.841. The number of nitrogens with one attached hydrogen (secondary N) is 1. The van der Waals surface area contributed by atoms with Gasteiger partial charge in [0.1, 0.15) is 5.82 Å². The molecular formula is C15H25N3S. The highest BCUT2D eigenvalue weighted by Gasteiger charge is 2.16. The zero-order valence-corrected chi connectivity index (χ0v) is 13.1. The lowest BCUT2D eigenvalue weighted by molar-refractivity contribution is 0.768. The van der Waals surface area contributed by atoms with Gasteiger partial charge in [-0.3, -0.25) is 0 Å². The van der Waals surface area contributed by atoms with Crippen molar-refractivity contribution in [3.63, 3.8) is 0 Å². The van der Waals surface area contributed by atoms with E-state index in [2.05, 4.69) is 29.1 Å². The monoisotopic (exact) mass is 279 g/mol. The van der Waals surface area contributed by atoms with Gasteiger partial charge in [-0.2, -0.15) is 11.8 Å².